The van der Waals surface area contributed by atoms with Gasteiger partial charge in [0.15, 0.2) is 5.78 Å². The van der Waals surface area contributed by atoms with E-state index >= 15 is 0 Å². The van der Waals surface area contributed by atoms with Gasteiger partial charge in [-0.1, -0.05) is 23.7 Å². The molecule has 0 saturated carbocycles. The van der Waals surface area contributed by atoms with Gasteiger partial charge in [0, 0.05) is 20.6 Å². The van der Waals surface area contributed by atoms with Crippen molar-refractivity contribution < 1.29 is 4.79 Å². The van der Waals surface area contributed by atoms with Gasteiger partial charge in [-0.2, -0.15) is 0 Å². The van der Waals surface area contributed by atoms with E-state index in [0.29, 0.717) is 16.1 Å². The Balaban J connectivity index is 2.44. The van der Waals surface area contributed by atoms with Crippen LogP contribution in [0.1, 0.15) is 27.0 Å². The molecule has 2 aromatic carbocycles. The minimum absolute atomic E-state index is 0.00152. The monoisotopic (exact) mass is 322 g/mol. The second kappa shape index (κ2) is 5.25. The molecular weight excluding hydrogens is 312 g/mol. The molecule has 0 aliphatic rings. The number of rotatable bonds is 2. The lowest BCUT2D eigenvalue weighted by Gasteiger charge is -2.06. The Kier molecular flexibility index (Phi) is 3.88. The van der Waals surface area contributed by atoms with Crippen molar-refractivity contribution in [1.82, 2.24) is 0 Å². The molecule has 0 aliphatic heterocycles. The van der Waals surface area contributed by atoms with E-state index in [2.05, 4.69) is 15.9 Å². The maximum atomic E-state index is 12.4. The van der Waals surface area contributed by atoms with E-state index in [1.165, 1.54) is 5.56 Å². The summed E-state index contributed by atoms with van der Waals surface area (Å²) in [6, 6.07) is 10.9. The van der Waals surface area contributed by atoms with Crippen LogP contribution in [0.4, 0.5) is 0 Å². The highest BCUT2D eigenvalue weighted by Gasteiger charge is 2.13. The van der Waals surface area contributed by atoms with Crippen molar-refractivity contribution in [2.24, 2.45) is 0 Å². The van der Waals surface area contributed by atoms with Crippen molar-refractivity contribution in [3.05, 3.63) is 68.1 Å². The molecule has 2 rings (SSSR count). The molecule has 18 heavy (non-hydrogen) atoms. The Morgan fingerprint density at radius 1 is 1.06 bits per heavy atom. The summed E-state index contributed by atoms with van der Waals surface area (Å²) in [4.78, 5) is 12.4. The summed E-state index contributed by atoms with van der Waals surface area (Å²) in [6.45, 7) is 4.03. The summed E-state index contributed by atoms with van der Waals surface area (Å²) < 4.78 is 0.721. The topological polar surface area (TPSA) is 17.1 Å². The average Bonchev–Trinajstić information content (AvgIpc) is 2.32. The molecule has 2 aromatic rings. The number of hydrogen-bond acceptors (Lipinski definition) is 1. The molecule has 3 heteroatoms. The predicted molar refractivity (Wildman–Crippen MR) is 78.5 cm³/mol. The molecular formula is C15H12BrClO. The van der Waals surface area contributed by atoms with Crippen molar-refractivity contribution in [2.75, 3.05) is 0 Å². The summed E-state index contributed by atoms with van der Waals surface area (Å²) in [6.07, 6.45) is 0. The Morgan fingerprint density at radius 3 is 2.39 bits per heavy atom. The van der Waals surface area contributed by atoms with Gasteiger partial charge in [-0.15, -0.1) is 0 Å². The maximum Gasteiger partial charge on any atom is 0.194 e. The number of carbonyl (C=O) groups excluding carboxylic acids is 1. The zero-order valence-electron chi connectivity index (χ0n) is 10.1. The lowest BCUT2D eigenvalue weighted by molar-refractivity contribution is 0.103. The highest BCUT2D eigenvalue weighted by Crippen LogP contribution is 2.24. The molecule has 0 aliphatic carbocycles. The van der Waals surface area contributed by atoms with Gasteiger partial charge < -0.3 is 0 Å². The van der Waals surface area contributed by atoms with E-state index in [9.17, 15) is 4.79 Å². The number of hydrogen-bond donors (Lipinski definition) is 0. The lowest BCUT2D eigenvalue weighted by atomic mass is 9.99. The van der Waals surface area contributed by atoms with Crippen LogP contribution >= 0.6 is 27.5 Å². The van der Waals surface area contributed by atoms with Crippen LogP contribution in [0.15, 0.2) is 40.9 Å². The first-order chi connectivity index (χ1) is 8.49. The summed E-state index contributed by atoms with van der Waals surface area (Å²) in [5.41, 5.74) is 3.62. The molecule has 0 atom stereocenters. The van der Waals surface area contributed by atoms with E-state index in [-0.39, 0.29) is 5.78 Å². The van der Waals surface area contributed by atoms with Crippen molar-refractivity contribution >= 4 is 33.3 Å². The van der Waals surface area contributed by atoms with Crippen LogP contribution in [0.5, 0.6) is 0 Å². The Morgan fingerprint density at radius 2 is 1.78 bits per heavy atom. The zero-order chi connectivity index (χ0) is 13.3. The number of ketones is 1. The van der Waals surface area contributed by atoms with E-state index in [1.54, 1.807) is 18.2 Å². The minimum atomic E-state index is 0.00152. The van der Waals surface area contributed by atoms with Gasteiger partial charge >= 0.3 is 0 Å². The molecule has 0 spiro atoms. The third-order valence-corrected chi connectivity index (χ3v) is 3.84. The Hall–Kier alpha value is -1.12. The van der Waals surface area contributed by atoms with Crippen LogP contribution < -0.4 is 0 Å². The quantitative estimate of drug-likeness (QED) is 0.715. The summed E-state index contributed by atoms with van der Waals surface area (Å²) >= 11 is 9.25. The van der Waals surface area contributed by atoms with Gasteiger partial charge in [0.25, 0.3) is 0 Å². The summed E-state index contributed by atoms with van der Waals surface area (Å²) in [5, 5.41) is 0.610. The first-order valence-corrected chi connectivity index (χ1v) is 6.73. The number of halogens is 2. The minimum Gasteiger partial charge on any atom is -0.289 e. The number of carbonyl (C=O) groups is 1. The van der Waals surface area contributed by atoms with Crippen molar-refractivity contribution in [3.63, 3.8) is 0 Å². The molecule has 0 heterocycles. The second-order valence-corrected chi connectivity index (χ2v) is 5.54. The fourth-order valence-corrected chi connectivity index (χ4v) is 2.57. The van der Waals surface area contributed by atoms with Crippen LogP contribution in [0, 0.1) is 13.8 Å². The van der Waals surface area contributed by atoms with Crippen molar-refractivity contribution in [1.29, 1.82) is 0 Å². The molecule has 0 N–H and O–H groups in total. The molecule has 92 valence electrons. The van der Waals surface area contributed by atoms with Crippen LogP contribution in [-0.4, -0.2) is 5.78 Å². The molecule has 0 radical (unpaired) electrons. The highest BCUT2D eigenvalue weighted by molar-refractivity contribution is 9.10. The maximum absolute atomic E-state index is 12.4. The van der Waals surface area contributed by atoms with Crippen LogP contribution in [0.3, 0.4) is 0 Å². The normalized spacial score (nSPS) is 10.4. The summed E-state index contributed by atoms with van der Waals surface area (Å²) in [5.74, 6) is 0.00152. The second-order valence-electron chi connectivity index (χ2n) is 4.25. The molecule has 0 aromatic heterocycles. The predicted octanol–water partition coefficient (Wildman–Crippen LogP) is 4.95. The summed E-state index contributed by atoms with van der Waals surface area (Å²) in [7, 11) is 0. The van der Waals surface area contributed by atoms with E-state index in [0.717, 1.165) is 10.0 Å². The van der Waals surface area contributed by atoms with Gasteiger partial charge in [-0.05, 0) is 65.2 Å². The molecule has 0 fully saturated rings. The van der Waals surface area contributed by atoms with Crippen LogP contribution in [0.2, 0.25) is 5.02 Å². The first-order valence-electron chi connectivity index (χ1n) is 5.56. The highest BCUT2D eigenvalue weighted by atomic mass is 79.9. The fourth-order valence-electron chi connectivity index (χ4n) is 1.71. The first kappa shape index (κ1) is 13.3. The number of benzene rings is 2. The zero-order valence-corrected chi connectivity index (χ0v) is 12.5. The van der Waals surface area contributed by atoms with E-state index in [1.807, 2.05) is 32.0 Å². The van der Waals surface area contributed by atoms with Crippen LogP contribution in [0.25, 0.3) is 0 Å². The molecule has 1 nitrogen and oxygen atoms in total. The number of aryl methyl sites for hydroxylation is 2. The molecule has 0 bridgehead atoms. The van der Waals surface area contributed by atoms with E-state index < -0.39 is 0 Å². The van der Waals surface area contributed by atoms with Crippen molar-refractivity contribution in [2.45, 2.75) is 13.8 Å². The lowest BCUT2D eigenvalue weighted by Crippen LogP contribution is -2.03. The van der Waals surface area contributed by atoms with Gasteiger partial charge in [-0.3, -0.25) is 4.79 Å². The van der Waals surface area contributed by atoms with Gasteiger partial charge in [0.1, 0.15) is 0 Å². The Bertz CT molecular complexity index is 620. The smallest absolute Gasteiger partial charge is 0.194 e. The third kappa shape index (κ3) is 2.65. The van der Waals surface area contributed by atoms with Gasteiger partial charge in [-0.25, -0.2) is 0 Å². The molecule has 0 amide bonds. The van der Waals surface area contributed by atoms with Gasteiger partial charge in [0.05, 0.1) is 0 Å². The fraction of sp³-hybridized carbons (Fsp3) is 0.133. The SMILES string of the molecule is Cc1ccc(C(=O)c2ccc(Cl)cc2Br)cc1C. The molecule has 0 saturated heterocycles. The average molecular weight is 324 g/mol. The standard InChI is InChI=1S/C15H12BrClO/c1-9-3-4-11(7-10(9)2)15(18)13-6-5-12(17)8-14(13)16/h3-8H,1-2H3. The molecule has 0 unspecified atom stereocenters. The van der Waals surface area contributed by atoms with Crippen molar-refractivity contribution in [3.8, 4) is 0 Å². The van der Waals surface area contributed by atoms with Gasteiger partial charge in [0.2, 0.25) is 0 Å². The Labute approximate surface area is 120 Å². The third-order valence-electron chi connectivity index (χ3n) is 2.94. The van der Waals surface area contributed by atoms with E-state index in [4.69, 9.17) is 11.6 Å². The van der Waals surface area contributed by atoms with Crippen LogP contribution in [-0.2, 0) is 0 Å². The largest absolute Gasteiger partial charge is 0.289 e.